The van der Waals surface area contributed by atoms with E-state index in [0.29, 0.717) is 26.2 Å². The van der Waals surface area contributed by atoms with Crippen LogP contribution in [0, 0.1) is 0 Å². The van der Waals surface area contributed by atoms with E-state index in [1.54, 1.807) is 21.9 Å². The molecule has 31 heavy (non-hydrogen) atoms. The first-order chi connectivity index (χ1) is 14.9. The Labute approximate surface area is 180 Å². The fraction of sp³-hybridized carbons (Fsp3) is 0.391. The van der Waals surface area contributed by atoms with Crippen molar-refractivity contribution >= 4 is 23.2 Å². The maximum Gasteiger partial charge on any atom is 0.257 e. The summed E-state index contributed by atoms with van der Waals surface area (Å²) in [6.45, 7) is 3.69. The molecular weight excluding hydrogens is 394 g/mol. The zero-order valence-electron chi connectivity index (χ0n) is 17.4. The number of nitrogens with two attached hydrogens (primary N) is 1. The molecule has 1 aromatic carbocycles. The highest BCUT2D eigenvalue weighted by molar-refractivity contribution is 6.29. The standard InChI is InChI=1S/C23H25N5O3/c1-14-16-3-2-4-17(20(16)26-25-14)15-5-6-18(19(29)13-15)21(30)27-9-11-28(12-10-27)22(31)23(24)7-8-23/h2-6,13,17,29H,7-12,24H2,1H3. The van der Waals surface area contributed by atoms with Crippen LogP contribution >= 0.6 is 0 Å². The number of carbonyl (C=O) groups is 2. The molecule has 2 fully saturated rings. The van der Waals surface area contributed by atoms with Crippen molar-refractivity contribution in [3.8, 4) is 5.75 Å². The third-order valence-electron chi connectivity index (χ3n) is 6.51. The summed E-state index contributed by atoms with van der Waals surface area (Å²) in [5.41, 5.74) is 9.18. The highest BCUT2D eigenvalue weighted by Crippen LogP contribution is 2.35. The van der Waals surface area contributed by atoms with Crippen LogP contribution in [-0.2, 0) is 4.79 Å². The second kappa shape index (κ2) is 7.16. The predicted octanol–water partition coefficient (Wildman–Crippen LogP) is 1.58. The number of allylic oxidation sites excluding steroid dienone is 4. The molecule has 4 aliphatic rings. The van der Waals surface area contributed by atoms with Crippen LogP contribution in [0.25, 0.3) is 0 Å². The number of phenolic OH excluding ortho intramolecular Hbond substituents is 1. The Morgan fingerprint density at radius 2 is 1.84 bits per heavy atom. The molecule has 8 heteroatoms. The van der Waals surface area contributed by atoms with Gasteiger partial charge in [0.1, 0.15) is 5.75 Å². The van der Waals surface area contributed by atoms with Gasteiger partial charge in [0.25, 0.3) is 5.91 Å². The Bertz CT molecular complexity index is 1090. The van der Waals surface area contributed by atoms with Gasteiger partial charge in [-0.15, -0.1) is 0 Å². The van der Waals surface area contributed by atoms with Gasteiger partial charge in [-0.2, -0.15) is 10.2 Å². The van der Waals surface area contributed by atoms with Gasteiger partial charge in [0, 0.05) is 37.7 Å². The summed E-state index contributed by atoms with van der Waals surface area (Å²) in [6.07, 6.45) is 7.42. The zero-order chi connectivity index (χ0) is 21.8. The molecule has 160 valence electrons. The first-order valence-electron chi connectivity index (χ1n) is 10.6. The molecule has 2 amide bonds. The minimum atomic E-state index is -0.684. The summed E-state index contributed by atoms with van der Waals surface area (Å²) in [7, 11) is 0. The van der Waals surface area contributed by atoms with Gasteiger partial charge in [-0.3, -0.25) is 9.59 Å². The van der Waals surface area contributed by atoms with Crippen LogP contribution in [0.1, 0.15) is 41.6 Å². The quantitative estimate of drug-likeness (QED) is 0.775. The number of rotatable bonds is 3. The highest BCUT2D eigenvalue weighted by Gasteiger charge is 2.48. The normalized spacial score (nSPS) is 23.7. The third kappa shape index (κ3) is 3.37. The summed E-state index contributed by atoms with van der Waals surface area (Å²) >= 11 is 0. The van der Waals surface area contributed by atoms with Crippen LogP contribution in [0.3, 0.4) is 0 Å². The molecule has 3 N–H and O–H groups in total. The lowest BCUT2D eigenvalue weighted by atomic mass is 9.85. The lowest BCUT2D eigenvalue weighted by molar-refractivity contribution is -0.135. The van der Waals surface area contributed by atoms with Crippen molar-refractivity contribution in [2.75, 3.05) is 26.2 Å². The Hall–Kier alpha value is -3.26. The lowest BCUT2D eigenvalue weighted by Crippen LogP contribution is -2.55. The summed E-state index contributed by atoms with van der Waals surface area (Å²) < 4.78 is 0. The molecule has 2 aliphatic carbocycles. The summed E-state index contributed by atoms with van der Waals surface area (Å²) in [6, 6.07) is 5.15. The van der Waals surface area contributed by atoms with Crippen LogP contribution in [0.5, 0.6) is 5.75 Å². The van der Waals surface area contributed by atoms with Gasteiger partial charge in [0.15, 0.2) is 0 Å². The maximum atomic E-state index is 13.0. The van der Waals surface area contributed by atoms with Gasteiger partial charge in [-0.1, -0.05) is 24.3 Å². The number of phenols is 1. The van der Waals surface area contributed by atoms with E-state index in [1.165, 1.54) is 0 Å². The number of carbonyl (C=O) groups excluding carboxylic acids is 2. The topological polar surface area (TPSA) is 112 Å². The first-order valence-corrected chi connectivity index (χ1v) is 10.6. The van der Waals surface area contributed by atoms with E-state index in [1.807, 2.05) is 31.2 Å². The number of nitrogens with zero attached hydrogens (tertiary/aromatic N) is 4. The van der Waals surface area contributed by atoms with E-state index in [0.717, 1.165) is 35.4 Å². The summed E-state index contributed by atoms with van der Waals surface area (Å²) in [5, 5.41) is 19.1. The molecule has 0 spiro atoms. The highest BCUT2D eigenvalue weighted by atomic mass is 16.3. The van der Waals surface area contributed by atoms with E-state index in [-0.39, 0.29) is 29.0 Å². The lowest BCUT2D eigenvalue weighted by Gasteiger charge is -2.36. The number of fused-ring (bicyclic) bond motifs is 1. The average molecular weight is 419 g/mol. The summed E-state index contributed by atoms with van der Waals surface area (Å²) in [4.78, 5) is 28.8. The van der Waals surface area contributed by atoms with Gasteiger partial charge in [0.05, 0.1) is 22.5 Å². The maximum absolute atomic E-state index is 13.0. The molecule has 0 radical (unpaired) electrons. The van der Waals surface area contributed by atoms with Crippen LogP contribution in [0.15, 0.2) is 52.2 Å². The van der Waals surface area contributed by atoms with E-state index in [2.05, 4.69) is 10.2 Å². The van der Waals surface area contributed by atoms with Crippen molar-refractivity contribution in [3.63, 3.8) is 0 Å². The summed E-state index contributed by atoms with van der Waals surface area (Å²) in [5.74, 6) is -0.422. The smallest absolute Gasteiger partial charge is 0.257 e. The molecular formula is C23H25N5O3. The molecule has 2 aliphatic heterocycles. The molecule has 1 saturated heterocycles. The van der Waals surface area contributed by atoms with Gasteiger partial charge < -0.3 is 20.6 Å². The van der Waals surface area contributed by atoms with Gasteiger partial charge in [0.2, 0.25) is 5.91 Å². The third-order valence-corrected chi connectivity index (χ3v) is 6.51. The Balaban J connectivity index is 1.28. The number of aromatic hydroxyl groups is 1. The zero-order valence-corrected chi connectivity index (χ0v) is 17.4. The Kier molecular flexibility index (Phi) is 4.55. The minimum absolute atomic E-state index is 0.0187. The number of benzene rings is 1. The monoisotopic (exact) mass is 419 g/mol. The van der Waals surface area contributed by atoms with Crippen LogP contribution in [0.2, 0.25) is 0 Å². The van der Waals surface area contributed by atoms with Crippen LogP contribution in [-0.4, -0.2) is 69.9 Å². The van der Waals surface area contributed by atoms with Crippen molar-refractivity contribution < 1.29 is 14.7 Å². The fourth-order valence-corrected chi connectivity index (χ4v) is 4.35. The molecule has 1 unspecified atom stereocenters. The predicted molar refractivity (Wildman–Crippen MR) is 117 cm³/mol. The number of piperazine rings is 1. The van der Waals surface area contributed by atoms with Crippen molar-refractivity contribution in [3.05, 3.63) is 53.1 Å². The largest absolute Gasteiger partial charge is 0.507 e. The molecule has 8 nitrogen and oxygen atoms in total. The second-order valence-corrected chi connectivity index (χ2v) is 8.63. The first kappa shape index (κ1) is 19.7. The minimum Gasteiger partial charge on any atom is -0.507 e. The molecule has 2 heterocycles. The van der Waals surface area contributed by atoms with Gasteiger partial charge >= 0.3 is 0 Å². The van der Waals surface area contributed by atoms with E-state index >= 15 is 0 Å². The van der Waals surface area contributed by atoms with Crippen molar-refractivity contribution in [1.82, 2.24) is 9.80 Å². The Morgan fingerprint density at radius 1 is 1.13 bits per heavy atom. The molecule has 0 bridgehead atoms. The average Bonchev–Trinajstić information content (AvgIpc) is 3.43. The number of amides is 2. The molecule has 1 aromatic rings. The van der Waals surface area contributed by atoms with E-state index in [4.69, 9.17) is 5.73 Å². The molecule has 1 saturated carbocycles. The van der Waals surface area contributed by atoms with Gasteiger partial charge in [-0.25, -0.2) is 0 Å². The van der Waals surface area contributed by atoms with E-state index < -0.39 is 5.54 Å². The Morgan fingerprint density at radius 3 is 2.52 bits per heavy atom. The van der Waals surface area contributed by atoms with Crippen molar-refractivity contribution in [1.29, 1.82) is 0 Å². The van der Waals surface area contributed by atoms with Crippen molar-refractivity contribution in [2.24, 2.45) is 15.9 Å². The fourth-order valence-electron chi connectivity index (χ4n) is 4.35. The number of hydrogen-bond donors (Lipinski definition) is 2. The van der Waals surface area contributed by atoms with Crippen molar-refractivity contribution in [2.45, 2.75) is 31.2 Å². The van der Waals surface area contributed by atoms with Crippen LogP contribution in [0.4, 0.5) is 0 Å². The SMILES string of the molecule is CC1=NN=C2C1=CC=CC2c1ccc(C(=O)N2CCN(C(=O)C3(N)CC3)CC2)c(O)c1. The molecule has 5 rings (SSSR count). The van der Waals surface area contributed by atoms with E-state index in [9.17, 15) is 14.7 Å². The molecule has 0 aromatic heterocycles. The second-order valence-electron chi connectivity index (χ2n) is 8.63. The van der Waals surface area contributed by atoms with Crippen LogP contribution < -0.4 is 5.73 Å². The number of hydrogen-bond acceptors (Lipinski definition) is 6. The molecule has 1 atom stereocenters. The van der Waals surface area contributed by atoms with Gasteiger partial charge in [-0.05, 0) is 37.5 Å².